The van der Waals surface area contributed by atoms with Crippen LogP contribution in [0.3, 0.4) is 0 Å². The van der Waals surface area contributed by atoms with Crippen LogP contribution in [0.1, 0.15) is 31.1 Å². The number of halogens is 1. The smallest absolute Gasteiger partial charge is 0.251 e. The maximum Gasteiger partial charge on any atom is 0.251 e. The Labute approximate surface area is 107 Å². The predicted octanol–water partition coefficient (Wildman–Crippen LogP) is 2.48. The highest BCUT2D eigenvalue weighted by Crippen LogP contribution is 2.19. The van der Waals surface area contributed by atoms with Crippen molar-refractivity contribution in [3.05, 3.63) is 34.9 Å². The quantitative estimate of drug-likeness (QED) is 0.868. The van der Waals surface area contributed by atoms with Crippen LogP contribution in [0, 0.1) is 5.41 Å². The second kappa shape index (κ2) is 5.52. The SMILES string of the molecule is CC(O)C(C)(C)CNC(=O)c1ccc(Cl)cc1. The van der Waals surface area contributed by atoms with Gasteiger partial charge in [0.2, 0.25) is 0 Å². The van der Waals surface area contributed by atoms with Crippen LogP contribution < -0.4 is 5.32 Å². The van der Waals surface area contributed by atoms with Crippen LogP contribution >= 0.6 is 11.6 Å². The molecule has 0 fully saturated rings. The summed E-state index contributed by atoms with van der Waals surface area (Å²) in [5.41, 5.74) is 0.220. The number of hydrogen-bond donors (Lipinski definition) is 2. The number of nitrogens with one attached hydrogen (secondary N) is 1. The molecule has 0 heterocycles. The van der Waals surface area contributed by atoms with Crippen LogP contribution in [-0.4, -0.2) is 23.7 Å². The molecule has 0 saturated heterocycles. The Bertz CT molecular complexity index is 385. The normalized spacial score (nSPS) is 13.2. The van der Waals surface area contributed by atoms with Gasteiger partial charge in [0.15, 0.2) is 0 Å². The zero-order valence-corrected chi connectivity index (χ0v) is 11.1. The van der Waals surface area contributed by atoms with Crippen molar-refractivity contribution in [2.24, 2.45) is 5.41 Å². The molecule has 17 heavy (non-hydrogen) atoms. The van der Waals surface area contributed by atoms with Crippen LogP contribution in [0.25, 0.3) is 0 Å². The van der Waals surface area contributed by atoms with Crippen LogP contribution in [0.15, 0.2) is 24.3 Å². The topological polar surface area (TPSA) is 49.3 Å². The lowest BCUT2D eigenvalue weighted by Crippen LogP contribution is -2.40. The maximum atomic E-state index is 11.8. The molecule has 4 heteroatoms. The molecule has 2 N–H and O–H groups in total. The van der Waals surface area contributed by atoms with Crippen molar-refractivity contribution in [2.45, 2.75) is 26.9 Å². The zero-order chi connectivity index (χ0) is 13.1. The minimum atomic E-state index is -0.479. The van der Waals surface area contributed by atoms with Gasteiger partial charge in [-0.05, 0) is 31.2 Å². The van der Waals surface area contributed by atoms with Gasteiger partial charge in [-0.15, -0.1) is 0 Å². The van der Waals surface area contributed by atoms with Crippen molar-refractivity contribution in [2.75, 3.05) is 6.54 Å². The Balaban J connectivity index is 2.59. The first-order valence-electron chi connectivity index (χ1n) is 5.55. The molecule has 1 aromatic rings. The summed E-state index contributed by atoms with van der Waals surface area (Å²) in [5, 5.41) is 12.9. The molecular formula is C13H18ClNO2. The Kier molecular flexibility index (Phi) is 4.54. The van der Waals surface area contributed by atoms with Crippen molar-refractivity contribution in [1.82, 2.24) is 5.32 Å². The van der Waals surface area contributed by atoms with Crippen molar-refractivity contribution in [3.8, 4) is 0 Å². The first kappa shape index (κ1) is 14.0. The fourth-order valence-electron chi connectivity index (χ4n) is 1.16. The first-order valence-corrected chi connectivity index (χ1v) is 5.92. The average Bonchev–Trinajstić information content (AvgIpc) is 2.27. The van der Waals surface area contributed by atoms with E-state index in [0.717, 1.165) is 0 Å². The van der Waals surface area contributed by atoms with Crippen molar-refractivity contribution < 1.29 is 9.90 Å². The number of amides is 1. The molecular weight excluding hydrogens is 238 g/mol. The van der Waals surface area contributed by atoms with Gasteiger partial charge in [0.1, 0.15) is 0 Å². The molecule has 1 unspecified atom stereocenters. The molecule has 0 aliphatic carbocycles. The molecule has 3 nitrogen and oxygen atoms in total. The Hall–Kier alpha value is -1.06. The standard InChI is InChI=1S/C13H18ClNO2/c1-9(16)13(2,3)8-15-12(17)10-4-6-11(14)7-5-10/h4-7,9,16H,8H2,1-3H3,(H,15,17). The van der Waals surface area contributed by atoms with E-state index in [1.54, 1.807) is 31.2 Å². The van der Waals surface area contributed by atoms with Crippen LogP contribution in [0.2, 0.25) is 5.02 Å². The molecule has 0 aliphatic heterocycles. The van der Waals surface area contributed by atoms with E-state index >= 15 is 0 Å². The van der Waals surface area contributed by atoms with Gasteiger partial charge in [-0.2, -0.15) is 0 Å². The fourth-order valence-corrected chi connectivity index (χ4v) is 1.29. The number of hydrogen-bond acceptors (Lipinski definition) is 2. The van der Waals surface area contributed by atoms with E-state index in [-0.39, 0.29) is 11.3 Å². The van der Waals surface area contributed by atoms with E-state index < -0.39 is 6.10 Å². The van der Waals surface area contributed by atoms with Crippen LogP contribution in [0.4, 0.5) is 0 Å². The van der Waals surface area contributed by atoms with Crippen LogP contribution in [0.5, 0.6) is 0 Å². The summed E-state index contributed by atoms with van der Waals surface area (Å²) in [6.07, 6.45) is -0.479. The first-order chi connectivity index (χ1) is 7.83. The number of aliphatic hydroxyl groups is 1. The van der Waals surface area contributed by atoms with E-state index in [9.17, 15) is 9.90 Å². The highest BCUT2D eigenvalue weighted by atomic mass is 35.5. The molecule has 1 atom stereocenters. The summed E-state index contributed by atoms with van der Waals surface area (Å²) >= 11 is 5.74. The Morgan fingerprint density at radius 1 is 1.41 bits per heavy atom. The highest BCUT2D eigenvalue weighted by Gasteiger charge is 2.24. The number of rotatable bonds is 4. The van der Waals surface area contributed by atoms with E-state index in [0.29, 0.717) is 17.1 Å². The third kappa shape index (κ3) is 4.02. The summed E-state index contributed by atoms with van der Waals surface area (Å²) in [7, 11) is 0. The minimum absolute atomic E-state index is 0.157. The summed E-state index contributed by atoms with van der Waals surface area (Å²) in [5.74, 6) is -0.157. The van der Waals surface area contributed by atoms with Gasteiger partial charge >= 0.3 is 0 Å². The lowest BCUT2D eigenvalue weighted by atomic mass is 9.87. The monoisotopic (exact) mass is 255 g/mol. The highest BCUT2D eigenvalue weighted by molar-refractivity contribution is 6.30. The molecule has 1 aromatic carbocycles. The molecule has 0 aromatic heterocycles. The summed E-state index contributed by atoms with van der Waals surface area (Å²) in [6.45, 7) is 5.94. The summed E-state index contributed by atoms with van der Waals surface area (Å²) in [4.78, 5) is 11.8. The summed E-state index contributed by atoms with van der Waals surface area (Å²) in [6, 6.07) is 6.70. The van der Waals surface area contributed by atoms with Gasteiger partial charge in [0, 0.05) is 22.5 Å². The molecule has 0 radical (unpaired) electrons. The summed E-state index contributed by atoms with van der Waals surface area (Å²) < 4.78 is 0. The molecule has 0 aliphatic rings. The average molecular weight is 256 g/mol. The van der Waals surface area contributed by atoms with E-state index in [1.807, 2.05) is 13.8 Å². The van der Waals surface area contributed by atoms with E-state index in [2.05, 4.69) is 5.32 Å². The fraction of sp³-hybridized carbons (Fsp3) is 0.462. The van der Waals surface area contributed by atoms with Gasteiger partial charge in [-0.3, -0.25) is 4.79 Å². The number of carbonyl (C=O) groups is 1. The van der Waals surface area contributed by atoms with E-state index in [4.69, 9.17) is 11.6 Å². The predicted molar refractivity (Wildman–Crippen MR) is 69.2 cm³/mol. The molecule has 0 spiro atoms. The third-order valence-corrected chi connectivity index (χ3v) is 3.19. The van der Waals surface area contributed by atoms with E-state index in [1.165, 1.54) is 0 Å². The van der Waals surface area contributed by atoms with Crippen molar-refractivity contribution in [3.63, 3.8) is 0 Å². The van der Waals surface area contributed by atoms with Gasteiger partial charge < -0.3 is 10.4 Å². The second-order valence-electron chi connectivity index (χ2n) is 4.85. The molecule has 1 rings (SSSR count). The Morgan fingerprint density at radius 2 is 1.94 bits per heavy atom. The van der Waals surface area contributed by atoms with Crippen LogP contribution in [-0.2, 0) is 0 Å². The molecule has 0 bridgehead atoms. The lowest BCUT2D eigenvalue weighted by Gasteiger charge is -2.28. The number of benzene rings is 1. The third-order valence-electron chi connectivity index (χ3n) is 2.94. The number of carbonyl (C=O) groups excluding carboxylic acids is 1. The molecule has 0 saturated carbocycles. The second-order valence-corrected chi connectivity index (χ2v) is 5.29. The zero-order valence-electron chi connectivity index (χ0n) is 10.3. The maximum absolute atomic E-state index is 11.8. The van der Waals surface area contributed by atoms with Gasteiger partial charge in [0.05, 0.1) is 6.10 Å². The van der Waals surface area contributed by atoms with Gasteiger partial charge in [-0.25, -0.2) is 0 Å². The number of aliphatic hydroxyl groups excluding tert-OH is 1. The minimum Gasteiger partial charge on any atom is -0.393 e. The Morgan fingerprint density at radius 3 is 2.41 bits per heavy atom. The molecule has 94 valence electrons. The largest absolute Gasteiger partial charge is 0.393 e. The lowest BCUT2D eigenvalue weighted by molar-refractivity contribution is 0.0620. The van der Waals surface area contributed by atoms with Crippen molar-refractivity contribution in [1.29, 1.82) is 0 Å². The van der Waals surface area contributed by atoms with Gasteiger partial charge in [0.25, 0.3) is 5.91 Å². The van der Waals surface area contributed by atoms with Gasteiger partial charge in [-0.1, -0.05) is 25.4 Å². The molecule has 1 amide bonds. The van der Waals surface area contributed by atoms with Crippen molar-refractivity contribution >= 4 is 17.5 Å².